The van der Waals surface area contributed by atoms with Crippen LogP contribution in [0.5, 0.6) is 11.5 Å². The average molecular weight is 471 g/mol. The van der Waals surface area contributed by atoms with E-state index in [0.717, 1.165) is 37.1 Å². The molecule has 9 heteroatoms. The topological polar surface area (TPSA) is 126 Å². The van der Waals surface area contributed by atoms with Crippen LogP contribution in [-0.4, -0.2) is 55.8 Å². The van der Waals surface area contributed by atoms with E-state index in [1.807, 2.05) is 24.3 Å². The van der Waals surface area contributed by atoms with Gasteiger partial charge in [-0.25, -0.2) is 4.79 Å². The molecule has 2 aromatic rings. The van der Waals surface area contributed by atoms with E-state index in [1.165, 1.54) is 14.2 Å². The minimum atomic E-state index is -0.910. The summed E-state index contributed by atoms with van der Waals surface area (Å²) in [6.45, 7) is 2.75. The molecule has 2 atom stereocenters. The van der Waals surface area contributed by atoms with Crippen LogP contribution in [0.2, 0.25) is 0 Å². The van der Waals surface area contributed by atoms with Crippen molar-refractivity contribution >= 4 is 11.9 Å². The van der Waals surface area contributed by atoms with E-state index >= 15 is 0 Å². The van der Waals surface area contributed by atoms with E-state index in [2.05, 4.69) is 15.5 Å². The van der Waals surface area contributed by atoms with Crippen LogP contribution in [0.3, 0.4) is 0 Å². The van der Waals surface area contributed by atoms with Gasteiger partial charge in [0.15, 0.2) is 0 Å². The van der Waals surface area contributed by atoms with Crippen LogP contribution >= 0.6 is 0 Å². The number of hydrogen-bond donors (Lipinski definition) is 4. The third-order valence-corrected chi connectivity index (χ3v) is 5.97. The first kappa shape index (κ1) is 25.3. The van der Waals surface area contributed by atoms with Crippen molar-refractivity contribution in [3.8, 4) is 11.5 Å². The van der Waals surface area contributed by atoms with Gasteiger partial charge in [-0.3, -0.25) is 9.69 Å². The molecule has 0 saturated carbocycles. The highest BCUT2D eigenvalue weighted by molar-refractivity contribution is 5.77. The monoisotopic (exact) mass is 470 g/mol. The Hall–Kier alpha value is -3.30. The molecule has 0 aliphatic carbocycles. The van der Waals surface area contributed by atoms with Crippen molar-refractivity contribution in [3.63, 3.8) is 0 Å². The number of ether oxygens (including phenoxy) is 2. The number of piperidine rings is 1. The maximum atomic E-state index is 12.3. The second kappa shape index (κ2) is 12.2. The molecule has 184 valence electrons. The summed E-state index contributed by atoms with van der Waals surface area (Å²) in [5, 5.41) is 16.0. The van der Waals surface area contributed by atoms with Gasteiger partial charge in [0, 0.05) is 32.2 Å². The fourth-order valence-corrected chi connectivity index (χ4v) is 4.10. The Bertz CT molecular complexity index is 961. The Kier molecular flexibility index (Phi) is 9.12. The molecule has 1 heterocycles. The van der Waals surface area contributed by atoms with Gasteiger partial charge in [-0.1, -0.05) is 24.3 Å². The van der Waals surface area contributed by atoms with Gasteiger partial charge >= 0.3 is 6.03 Å². The molecule has 1 aliphatic rings. The molecule has 2 aromatic carbocycles. The van der Waals surface area contributed by atoms with Gasteiger partial charge < -0.3 is 30.9 Å². The molecule has 34 heavy (non-hydrogen) atoms. The summed E-state index contributed by atoms with van der Waals surface area (Å²) in [4.78, 5) is 26.0. The number of aliphatic hydroxyl groups is 1. The lowest BCUT2D eigenvalue weighted by Gasteiger charge is -2.31. The number of urea groups is 1. The lowest BCUT2D eigenvalue weighted by atomic mass is 9.97. The Morgan fingerprint density at radius 1 is 1.12 bits per heavy atom. The van der Waals surface area contributed by atoms with E-state index in [4.69, 9.17) is 15.2 Å². The minimum absolute atomic E-state index is 0.0399. The summed E-state index contributed by atoms with van der Waals surface area (Å²) in [5.74, 6) is 0.805. The van der Waals surface area contributed by atoms with Crippen LogP contribution in [0, 0.1) is 5.92 Å². The van der Waals surface area contributed by atoms with Crippen LogP contribution in [0.15, 0.2) is 42.5 Å². The largest absolute Gasteiger partial charge is 0.497 e. The third kappa shape index (κ3) is 7.36. The Labute approximate surface area is 200 Å². The second-order valence-electron chi connectivity index (χ2n) is 8.52. The number of amides is 3. The van der Waals surface area contributed by atoms with Gasteiger partial charge in [0.05, 0.1) is 26.2 Å². The Balaban J connectivity index is 1.47. The van der Waals surface area contributed by atoms with Crippen LogP contribution < -0.4 is 25.8 Å². The summed E-state index contributed by atoms with van der Waals surface area (Å²) in [6.07, 6.45) is 0.904. The molecule has 3 amide bonds. The minimum Gasteiger partial charge on any atom is -0.497 e. The number of carbonyl (C=O) groups is 2. The molecule has 1 aliphatic heterocycles. The summed E-state index contributed by atoms with van der Waals surface area (Å²) in [5.41, 5.74) is 8.15. The normalized spacial score (nSPS) is 17.0. The lowest BCUT2D eigenvalue weighted by Crippen LogP contribution is -2.40. The Morgan fingerprint density at radius 3 is 2.50 bits per heavy atom. The first-order valence-electron chi connectivity index (χ1n) is 11.4. The summed E-state index contributed by atoms with van der Waals surface area (Å²) in [7, 11) is 3.08. The molecule has 0 bridgehead atoms. The van der Waals surface area contributed by atoms with Crippen molar-refractivity contribution in [3.05, 3.63) is 59.2 Å². The molecule has 1 fully saturated rings. The summed E-state index contributed by atoms with van der Waals surface area (Å²) >= 11 is 0. The molecule has 9 nitrogen and oxygen atoms in total. The predicted molar refractivity (Wildman–Crippen MR) is 128 cm³/mol. The lowest BCUT2D eigenvalue weighted by molar-refractivity contribution is -0.123. The number of nitrogens with zero attached hydrogens (tertiary/aromatic N) is 1. The number of carbonyl (C=O) groups excluding carboxylic acids is 2. The van der Waals surface area contributed by atoms with Gasteiger partial charge in [-0.15, -0.1) is 0 Å². The molecular weight excluding hydrogens is 436 g/mol. The van der Waals surface area contributed by atoms with Gasteiger partial charge in [-0.2, -0.15) is 0 Å². The molecule has 0 radical (unpaired) electrons. The van der Waals surface area contributed by atoms with Gasteiger partial charge in [0.2, 0.25) is 5.91 Å². The maximum absolute atomic E-state index is 12.3. The van der Waals surface area contributed by atoms with Crippen molar-refractivity contribution in [2.45, 2.75) is 32.0 Å². The quantitative estimate of drug-likeness (QED) is 0.420. The van der Waals surface area contributed by atoms with E-state index < -0.39 is 6.10 Å². The van der Waals surface area contributed by atoms with Crippen LogP contribution in [-0.2, 0) is 17.9 Å². The molecule has 2 unspecified atom stereocenters. The van der Waals surface area contributed by atoms with Crippen molar-refractivity contribution in [1.29, 1.82) is 0 Å². The fraction of sp³-hybridized carbons (Fsp3) is 0.440. The number of hydrogen-bond acceptors (Lipinski definition) is 6. The number of nitrogens with two attached hydrogens (primary N) is 1. The van der Waals surface area contributed by atoms with Crippen molar-refractivity contribution < 1.29 is 24.2 Å². The molecular formula is C25H34N4O5. The molecule has 1 saturated heterocycles. The van der Waals surface area contributed by atoms with Gasteiger partial charge in [0.25, 0.3) is 0 Å². The summed E-state index contributed by atoms with van der Waals surface area (Å²) in [6, 6.07) is 12.7. The third-order valence-electron chi connectivity index (χ3n) is 5.97. The zero-order valence-corrected chi connectivity index (χ0v) is 19.8. The number of rotatable bonds is 10. The summed E-state index contributed by atoms with van der Waals surface area (Å²) < 4.78 is 10.4. The number of likely N-dealkylation sites (tertiary alicyclic amines) is 1. The molecule has 5 N–H and O–H groups in total. The van der Waals surface area contributed by atoms with Crippen molar-refractivity contribution in [2.24, 2.45) is 11.7 Å². The first-order chi connectivity index (χ1) is 16.4. The smallest absolute Gasteiger partial charge is 0.315 e. The van der Waals surface area contributed by atoms with E-state index in [9.17, 15) is 14.7 Å². The number of benzene rings is 2. The van der Waals surface area contributed by atoms with Crippen LogP contribution in [0.1, 0.15) is 35.6 Å². The zero-order chi connectivity index (χ0) is 24.5. The average Bonchev–Trinajstić information content (AvgIpc) is 2.86. The predicted octanol–water partition coefficient (Wildman–Crippen LogP) is 1.93. The highest BCUT2D eigenvalue weighted by atomic mass is 16.5. The van der Waals surface area contributed by atoms with Crippen LogP contribution in [0.25, 0.3) is 0 Å². The van der Waals surface area contributed by atoms with E-state index in [0.29, 0.717) is 30.2 Å². The van der Waals surface area contributed by atoms with Crippen LogP contribution in [0.4, 0.5) is 4.79 Å². The first-order valence-corrected chi connectivity index (χ1v) is 11.4. The number of primary amides is 1. The fourth-order valence-electron chi connectivity index (χ4n) is 4.10. The highest BCUT2D eigenvalue weighted by Crippen LogP contribution is 2.26. The molecule has 0 spiro atoms. The number of methoxy groups -OCH3 is 2. The van der Waals surface area contributed by atoms with Gasteiger partial charge in [-0.05, 0) is 48.2 Å². The standard InChI is InChI=1S/C25H34N4O5/c1-33-21-10-20(11-22(12-21)34-2)23(30)14-28-25(32)27-13-17-5-3-6-18(9-17)15-29-8-4-7-19(16-29)24(26)31/h3,5-6,9-12,19,23,30H,4,7-8,13-16H2,1-2H3,(H2,26,31)(H2,27,28,32). The number of aliphatic hydroxyl groups excluding tert-OH is 1. The second-order valence-corrected chi connectivity index (χ2v) is 8.52. The van der Waals surface area contributed by atoms with E-state index in [1.54, 1.807) is 18.2 Å². The molecule has 0 aromatic heterocycles. The Morgan fingerprint density at radius 2 is 1.82 bits per heavy atom. The molecule has 3 rings (SSSR count). The highest BCUT2D eigenvalue weighted by Gasteiger charge is 2.23. The SMILES string of the molecule is COc1cc(OC)cc(C(O)CNC(=O)NCc2cccc(CN3CCCC(C(N)=O)C3)c2)c1. The van der Waals surface area contributed by atoms with Crippen molar-refractivity contribution in [1.82, 2.24) is 15.5 Å². The van der Waals surface area contributed by atoms with Gasteiger partial charge in [0.1, 0.15) is 11.5 Å². The number of nitrogens with one attached hydrogen (secondary N) is 2. The zero-order valence-electron chi connectivity index (χ0n) is 19.8. The van der Waals surface area contributed by atoms with Crippen molar-refractivity contribution in [2.75, 3.05) is 33.9 Å². The van der Waals surface area contributed by atoms with E-state index in [-0.39, 0.29) is 24.4 Å². The maximum Gasteiger partial charge on any atom is 0.315 e.